The van der Waals surface area contributed by atoms with E-state index in [0.29, 0.717) is 12.5 Å². The Morgan fingerprint density at radius 1 is 1.42 bits per heavy atom. The molecule has 7 heteroatoms. The fourth-order valence-corrected chi connectivity index (χ4v) is 2.88. The van der Waals surface area contributed by atoms with Crippen molar-refractivity contribution in [2.24, 2.45) is 4.99 Å². The normalized spacial score (nSPS) is 13.0. The van der Waals surface area contributed by atoms with Crippen LogP contribution in [0.2, 0.25) is 0 Å². The number of thiophene rings is 1. The maximum atomic E-state index is 12.1. The van der Waals surface area contributed by atoms with Crippen LogP contribution in [0.1, 0.15) is 45.4 Å². The highest BCUT2D eigenvalue weighted by atomic mass is 127. The van der Waals surface area contributed by atoms with Gasteiger partial charge in [-0.15, -0.1) is 35.3 Å². The van der Waals surface area contributed by atoms with Crippen molar-refractivity contribution in [2.75, 3.05) is 26.7 Å². The summed E-state index contributed by atoms with van der Waals surface area (Å²) < 4.78 is 0. The maximum absolute atomic E-state index is 12.1. The van der Waals surface area contributed by atoms with Crippen LogP contribution < -0.4 is 10.6 Å². The summed E-state index contributed by atoms with van der Waals surface area (Å²) in [5, 5.41) is 8.31. The van der Waals surface area contributed by atoms with Crippen molar-refractivity contribution < 1.29 is 4.79 Å². The molecule has 1 amide bonds. The number of carbonyl (C=O) groups excluding carboxylic acids is 1. The molecule has 1 rings (SSSR count). The van der Waals surface area contributed by atoms with Gasteiger partial charge in [0, 0.05) is 29.9 Å². The third-order valence-electron chi connectivity index (χ3n) is 3.14. The molecule has 0 aliphatic carbocycles. The van der Waals surface area contributed by atoms with Crippen LogP contribution >= 0.6 is 35.3 Å². The molecule has 1 unspecified atom stereocenters. The van der Waals surface area contributed by atoms with E-state index >= 15 is 0 Å². The van der Waals surface area contributed by atoms with E-state index in [9.17, 15) is 4.79 Å². The summed E-state index contributed by atoms with van der Waals surface area (Å²) in [7, 11) is 1.89. The van der Waals surface area contributed by atoms with Gasteiger partial charge >= 0.3 is 0 Å². The van der Waals surface area contributed by atoms with Crippen LogP contribution in [0.3, 0.4) is 0 Å². The fourth-order valence-electron chi connectivity index (χ4n) is 2.10. The summed E-state index contributed by atoms with van der Waals surface area (Å²) in [5.41, 5.74) is -0.221. The van der Waals surface area contributed by atoms with Crippen LogP contribution in [0.4, 0.5) is 0 Å². The highest BCUT2D eigenvalue weighted by Crippen LogP contribution is 2.20. The van der Waals surface area contributed by atoms with Crippen LogP contribution in [0.25, 0.3) is 0 Å². The monoisotopic (exact) mass is 466 g/mol. The minimum absolute atomic E-state index is 0. The first-order valence-electron chi connectivity index (χ1n) is 8.06. The van der Waals surface area contributed by atoms with E-state index in [1.165, 1.54) is 4.88 Å². The molecule has 0 spiro atoms. The number of likely N-dealkylation sites (N-methyl/N-ethyl adjacent to an activating group) is 1. The smallest absolute Gasteiger partial charge is 0.240 e. The molecule has 0 aliphatic rings. The molecule has 138 valence electrons. The number of amides is 1. The highest BCUT2D eigenvalue weighted by molar-refractivity contribution is 14.0. The number of nitrogens with one attached hydrogen (secondary N) is 2. The van der Waals surface area contributed by atoms with E-state index in [0.717, 1.165) is 12.5 Å². The zero-order valence-corrected chi connectivity index (χ0v) is 18.7. The molecule has 0 aromatic carbocycles. The van der Waals surface area contributed by atoms with Crippen molar-refractivity contribution in [3.8, 4) is 0 Å². The number of hydrogen-bond acceptors (Lipinski definition) is 3. The molecule has 1 aromatic rings. The molecule has 0 radical (unpaired) electrons. The van der Waals surface area contributed by atoms with Crippen molar-refractivity contribution in [1.29, 1.82) is 0 Å². The molecule has 0 saturated carbocycles. The third-order valence-corrected chi connectivity index (χ3v) is 4.24. The summed E-state index contributed by atoms with van der Waals surface area (Å²) in [5.74, 6) is 1.14. The zero-order chi connectivity index (χ0) is 17.5. The second kappa shape index (κ2) is 10.9. The van der Waals surface area contributed by atoms with Gasteiger partial charge < -0.3 is 15.5 Å². The second-order valence-corrected chi connectivity index (χ2v) is 7.74. The summed E-state index contributed by atoms with van der Waals surface area (Å²) in [6.45, 7) is 11.9. The Kier molecular flexibility index (Phi) is 10.5. The molecule has 24 heavy (non-hydrogen) atoms. The van der Waals surface area contributed by atoms with Gasteiger partial charge in [0.15, 0.2) is 5.96 Å². The summed E-state index contributed by atoms with van der Waals surface area (Å²) in [6.07, 6.45) is 0. The molecule has 1 atom stereocenters. The Labute approximate surface area is 167 Å². The lowest BCUT2D eigenvalue weighted by Crippen LogP contribution is -2.48. The second-order valence-electron chi connectivity index (χ2n) is 6.77. The lowest BCUT2D eigenvalue weighted by molar-refractivity contribution is -0.122. The van der Waals surface area contributed by atoms with Crippen LogP contribution in [0, 0.1) is 0 Å². The van der Waals surface area contributed by atoms with Gasteiger partial charge in [0.1, 0.15) is 0 Å². The average molecular weight is 466 g/mol. The first kappa shape index (κ1) is 23.2. The summed E-state index contributed by atoms with van der Waals surface area (Å²) in [4.78, 5) is 19.9. The Morgan fingerprint density at radius 2 is 2.08 bits per heavy atom. The average Bonchev–Trinajstić information content (AvgIpc) is 2.94. The molecule has 1 heterocycles. The Balaban J connectivity index is 0.00000529. The van der Waals surface area contributed by atoms with Gasteiger partial charge in [0.05, 0.1) is 13.1 Å². The van der Waals surface area contributed by atoms with Gasteiger partial charge in [-0.3, -0.25) is 9.79 Å². The van der Waals surface area contributed by atoms with Gasteiger partial charge in [-0.25, -0.2) is 0 Å². The van der Waals surface area contributed by atoms with Crippen LogP contribution in [0.5, 0.6) is 0 Å². The molecular weight excluding hydrogens is 435 g/mol. The SMILES string of the molecule is CCNC(=NCC(C)c1cccs1)N(C)CC(=O)NC(C)(C)C.I. The van der Waals surface area contributed by atoms with Crippen molar-refractivity contribution in [3.05, 3.63) is 22.4 Å². The zero-order valence-electron chi connectivity index (χ0n) is 15.5. The number of rotatable bonds is 6. The predicted octanol–water partition coefficient (Wildman–Crippen LogP) is 3.28. The minimum atomic E-state index is -0.221. The molecule has 0 aliphatic heterocycles. The number of nitrogens with zero attached hydrogens (tertiary/aromatic N) is 2. The highest BCUT2D eigenvalue weighted by Gasteiger charge is 2.17. The van der Waals surface area contributed by atoms with E-state index in [1.54, 1.807) is 11.3 Å². The van der Waals surface area contributed by atoms with Gasteiger partial charge in [-0.2, -0.15) is 0 Å². The van der Waals surface area contributed by atoms with Crippen LogP contribution in [0.15, 0.2) is 22.5 Å². The largest absolute Gasteiger partial charge is 0.357 e. The summed E-state index contributed by atoms with van der Waals surface area (Å²) in [6, 6.07) is 4.20. The van der Waals surface area contributed by atoms with Gasteiger partial charge in [-0.05, 0) is 39.1 Å². The first-order chi connectivity index (χ1) is 10.7. The predicted molar refractivity (Wildman–Crippen MR) is 115 cm³/mol. The van der Waals surface area contributed by atoms with E-state index < -0.39 is 0 Å². The number of halogens is 1. The number of guanidine groups is 1. The number of aliphatic imine (C=N–C) groups is 1. The first-order valence-corrected chi connectivity index (χ1v) is 8.94. The van der Waals surface area contributed by atoms with Crippen LogP contribution in [-0.2, 0) is 4.79 Å². The van der Waals surface area contributed by atoms with Crippen molar-refractivity contribution in [3.63, 3.8) is 0 Å². The van der Waals surface area contributed by atoms with Gasteiger partial charge in [0.2, 0.25) is 5.91 Å². The topological polar surface area (TPSA) is 56.7 Å². The van der Waals surface area contributed by atoms with Gasteiger partial charge in [-0.1, -0.05) is 13.0 Å². The van der Waals surface area contributed by atoms with E-state index in [2.05, 4.69) is 40.1 Å². The maximum Gasteiger partial charge on any atom is 0.240 e. The molecule has 0 saturated heterocycles. The van der Waals surface area contributed by atoms with Crippen molar-refractivity contribution in [1.82, 2.24) is 15.5 Å². The molecule has 0 fully saturated rings. The van der Waals surface area contributed by atoms with Crippen molar-refractivity contribution >= 4 is 47.2 Å². The Morgan fingerprint density at radius 3 is 2.58 bits per heavy atom. The molecule has 0 bridgehead atoms. The molecule has 2 N–H and O–H groups in total. The third kappa shape index (κ3) is 8.86. The van der Waals surface area contributed by atoms with Gasteiger partial charge in [0.25, 0.3) is 0 Å². The lowest BCUT2D eigenvalue weighted by Gasteiger charge is -2.25. The molecule has 5 nitrogen and oxygen atoms in total. The Hall–Kier alpha value is -0.830. The quantitative estimate of drug-likeness (QED) is 0.385. The summed E-state index contributed by atoms with van der Waals surface area (Å²) >= 11 is 1.75. The van der Waals surface area contributed by atoms with Crippen LogP contribution in [-0.4, -0.2) is 49.0 Å². The number of hydrogen-bond donors (Lipinski definition) is 2. The standard InChI is InChI=1S/C17H30N4OS.HI/c1-7-18-16(19-11-13(2)14-9-8-10-23-14)21(6)12-15(22)20-17(3,4)5;/h8-10,13H,7,11-12H2,1-6H3,(H,18,19)(H,20,22);1H. The van der Waals surface area contributed by atoms with Crippen molar-refractivity contribution in [2.45, 2.75) is 46.1 Å². The minimum Gasteiger partial charge on any atom is -0.357 e. The van der Waals surface area contributed by atoms with E-state index in [4.69, 9.17) is 0 Å². The van der Waals surface area contributed by atoms with E-state index in [-0.39, 0.29) is 42.0 Å². The Bertz CT molecular complexity index is 511. The number of carbonyl (C=O) groups is 1. The fraction of sp³-hybridized carbons (Fsp3) is 0.647. The molecule has 1 aromatic heterocycles. The molecular formula is C17H31IN4OS. The van der Waals surface area contributed by atoms with E-state index in [1.807, 2.05) is 39.6 Å². The lowest BCUT2D eigenvalue weighted by atomic mass is 10.1.